The van der Waals surface area contributed by atoms with E-state index >= 15 is 0 Å². The van der Waals surface area contributed by atoms with Crippen molar-refractivity contribution in [1.29, 1.82) is 0 Å². The molecule has 4 aliphatic rings. The minimum Gasteiger partial charge on any atom is -0.381 e. The van der Waals surface area contributed by atoms with Crippen molar-refractivity contribution in [2.75, 3.05) is 0 Å². The second-order valence-corrected chi connectivity index (χ2v) is 12.8. The molecule has 0 amide bonds. The number of ketones is 1. The Morgan fingerprint density at radius 2 is 1.71 bits per heavy atom. The van der Waals surface area contributed by atoms with E-state index in [0.717, 1.165) is 19.3 Å². The van der Waals surface area contributed by atoms with E-state index in [0.29, 0.717) is 47.8 Å². The maximum Gasteiger partial charge on any atom is 0.187 e. The summed E-state index contributed by atoms with van der Waals surface area (Å²) in [6, 6.07) is 0. The van der Waals surface area contributed by atoms with Gasteiger partial charge in [0.05, 0.1) is 0 Å². The number of allylic oxidation sites excluding steroid dienone is 3. The van der Waals surface area contributed by atoms with Crippen LogP contribution in [0.15, 0.2) is 23.8 Å². The van der Waals surface area contributed by atoms with Crippen molar-refractivity contribution >= 4 is 5.78 Å². The molecule has 3 saturated carbocycles. The Hall–Kier alpha value is -0.890. The van der Waals surface area contributed by atoms with Gasteiger partial charge in [-0.2, -0.15) is 0 Å². The lowest BCUT2D eigenvalue weighted by molar-refractivity contribution is -0.174. The van der Waals surface area contributed by atoms with Crippen molar-refractivity contribution in [2.24, 2.45) is 52.3 Å². The third-order valence-electron chi connectivity index (χ3n) is 10.8. The summed E-state index contributed by atoms with van der Waals surface area (Å²) < 4.78 is 0. The molecule has 174 valence electrons. The highest BCUT2D eigenvalue weighted by Gasteiger charge is 2.64. The van der Waals surface area contributed by atoms with Gasteiger partial charge in [0.25, 0.3) is 0 Å². The van der Waals surface area contributed by atoms with Gasteiger partial charge in [-0.3, -0.25) is 4.79 Å². The molecule has 31 heavy (non-hydrogen) atoms. The van der Waals surface area contributed by atoms with E-state index in [9.17, 15) is 9.90 Å². The summed E-state index contributed by atoms with van der Waals surface area (Å²) in [7, 11) is 0. The van der Waals surface area contributed by atoms with Gasteiger partial charge < -0.3 is 5.11 Å². The normalized spacial score (nSPS) is 47.0. The average Bonchev–Trinajstić information content (AvgIpc) is 3.05. The fourth-order valence-electron chi connectivity index (χ4n) is 8.20. The Bertz CT molecular complexity index is 778. The molecular formula is C29H46O2. The van der Waals surface area contributed by atoms with Crippen LogP contribution in [-0.4, -0.2) is 16.5 Å². The molecule has 0 heterocycles. The van der Waals surface area contributed by atoms with E-state index in [1.165, 1.54) is 24.8 Å². The van der Waals surface area contributed by atoms with Gasteiger partial charge in [0.2, 0.25) is 0 Å². The van der Waals surface area contributed by atoms with E-state index in [4.69, 9.17) is 0 Å². The molecular weight excluding hydrogens is 380 g/mol. The Balaban J connectivity index is 1.62. The average molecular weight is 427 g/mol. The summed E-state index contributed by atoms with van der Waals surface area (Å²) in [4.78, 5) is 13.4. The van der Waals surface area contributed by atoms with Crippen LogP contribution in [-0.2, 0) is 4.79 Å². The lowest BCUT2D eigenvalue weighted by Crippen LogP contribution is -2.63. The molecule has 0 radical (unpaired) electrons. The van der Waals surface area contributed by atoms with Gasteiger partial charge in [-0.05, 0) is 97.9 Å². The van der Waals surface area contributed by atoms with Crippen molar-refractivity contribution < 1.29 is 9.90 Å². The number of hydrogen-bond donors (Lipinski definition) is 1. The SMILES string of the molecule is CC(C)[C@H](C)/C=C/[C@@H](C)[C@H]1CCC2C3=CC(=O)[C@@]4(O)C[C@@H](C)CC[C@]4(C)C3CC[C@@]21C. The van der Waals surface area contributed by atoms with Crippen LogP contribution in [0.25, 0.3) is 0 Å². The molecule has 1 N–H and O–H groups in total. The van der Waals surface area contributed by atoms with Crippen molar-refractivity contribution in [3.05, 3.63) is 23.8 Å². The first-order chi connectivity index (χ1) is 14.4. The quantitative estimate of drug-likeness (QED) is 0.492. The van der Waals surface area contributed by atoms with Gasteiger partial charge in [0.15, 0.2) is 5.78 Å². The number of carbonyl (C=O) groups is 1. The fraction of sp³-hybridized carbons (Fsp3) is 0.828. The largest absolute Gasteiger partial charge is 0.381 e. The van der Waals surface area contributed by atoms with E-state index in [1.54, 1.807) is 0 Å². The van der Waals surface area contributed by atoms with Gasteiger partial charge in [-0.15, -0.1) is 0 Å². The van der Waals surface area contributed by atoms with E-state index in [2.05, 4.69) is 60.6 Å². The summed E-state index contributed by atoms with van der Waals surface area (Å²) in [6.45, 7) is 16.3. The van der Waals surface area contributed by atoms with Crippen molar-refractivity contribution in [1.82, 2.24) is 0 Å². The highest BCUT2D eigenvalue weighted by atomic mass is 16.3. The molecule has 0 bridgehead atoms. The molecule has 4 aliphatic carbocycles. The topological polar surface area (TPSA) is 37.3 Å². The summed E-state index contributed by atoms with van der Waals surface area (Å²) in [5.74, 6) is 3.91. The smallest absolute Gasteiger partial charge is 0.187 e. The highest BCUT2D eigenvalue weighted by molar-refractivity contribution is 5.99. The van der Waals surface area contributed by atoms with Crippen LogP contribution in [0.4, 0.5) is 0 Å². The summed E-state index contributed by atoms with van der Waals surface area (Å²) in [5.41, 5.74) is 0.266. The van der Waals surface area contributed by atoms with Crippen molar-refractivity contribution in [3.63, 3.8) is 0 Å². The van der Waals surface area contributed by atoms with E-state index < -0.39 is 5.60 Å². The maximum absolute atomic E-state index is 13.4. The molecule has 2 nitrogen and oxygen atoms in total. The predicted molar refractivity (Wildman–Crippen MR) is 129 cm³/mol. The van der Waals surface area contributed by atoms with Crippen LogP contribution < -0.4 is 0 Å². The number of fused-ring (bicyclic) bond motifs is 5. The minimum absolute atomic E-state index is 0.0132. The van der Waals surface area contributed by atoms with Crippen LogP contribution in [0.2, 0.25) is 0 Å². The third-order valence-corrected chi connectivity index (χ3v) is 10.8. The van der Waals surface area contributed by atoms with Crippen LogP contribution in [0.3, 0.4) is 0 Å². The molecule has 2 unspecified atom stereocenters. The molecule has 0 aromatic carbocycles. The van der Waals surface area contributed by atoms with Crippen molar-refractivity contribution in [2.45, 2.75) is 99.0 Å². The first-order valence-corrected chi connectivity index (χ1v) is 13.1. The first kappa shape index (κ1) is 23.3. The molecule has 0 spiro atoms. The number of aliphatic hydroxyl groups is 1. The van der Waals surface area contributed by atoms with Gasteiger partial charge in [-0.25, -0.2) is 0 Å². The Morgan fingerprint density at radius 1 is 1.00 bits per heavy atom. The van der Waals surface area contributed by atoms with Gasteiger partial charge in [0.1, 0.15) is 5.60 Å². The molecule has 0 aromatic rings. The zero-order valence-electron chi connectivity index (χ0n) is 21.1. The zero-order chi connectivity index (χ0) is 22.8. The minimum atomic E-state index is -1.15. The third kappa shape index (κ3) is 3.42. The molecule has 0 aliphatic heterocycles. The number of hydrogen-bond acceptors (Lipinski definition) is 2. The Kier molecular flexibility index (Phi) is 5.90. The fourth-order valence-corrected chi connectivity index (χ4v) is 8.20. The van der Waals surface area contributed by atoms with Gasteiger partial charge in [-0.1, -0.05) is 66.2 Å². The maximum atomic E-state index is 13.4. The summed E-state index contributed by atoms with van der Waals surface area (Å²) in [5, 5.41) is 11.6. The standard InChI is InChI=1S/C29H46O2/c1-18(2)20(4)8-9-21(5)23-10-11-24-22-16-26(30)29(31)17-19(3)12-15-28(29,7)25(22)13-14-27(23,24)6/h8-9,16,18-21,23-25,31H,10-15,17H2,1-7H3/b9-8+/t19-,20+,21+,23+,24?,25?,27+,28+,29-/m0/s1. The van der Waals surface area contributed by atoms with E-state index in [-0.39, 0.29) is 16.6 Å². The molecule has 0 aromatic heterocycles. The zero-order valence-corrected chi connectivity index (χ0v) is 21.1. The second kappa shape index (κ2) is 7.86. The highest BCUT2D eigenvalue weighted by Crippen LogP contribution is 2.67. The Morgan fingerprint density at radius 3 is 2.39 bits per heavy atom. The lowest BCUT2D eigenvalue weighted by Gasteiger charge is -2.60. The monoisotopic (exact) mass is 426 g/mol. The summed E-state index contributed by atoms with van der Waals surface area (Å²) in [6.07, 6.45) is 14.5. The number of carbonyl (C=O) groups excluding carboxylic acids is 1. The Labute approximate surface area is 191 Å². The molecule has 2 heteroatoms. The van der Waals surface area contributed by atoms with Crippen LogP contribution in [0.5, 0.6) is 0 Å². The summed E-state index contributed by atoms with van der Waals surface area (Å²) >= 11 is 0. The van der Waals surface area contributed by atoms with Crippen LogP contribution >= 0.6 is 0 Å². The first-order valence-electron chi connectivity index (χ1n) is 13.1. The van der Waals surface area contributed by atoms with Crippen molar-refractivity contribution in [3.8, 4) is 0 Å². The van der Waals surface area contributed by atoms with Gasteiger partial charge in [0, 0.05) is 5.41 Å². The van der Waals surface area contributed by atoms with E-state index in [1.807, 2.05) is 6.08 Å². The van der Waals surface area contributed by atoms with Crippen LogP contribution in [0, 0.1) is 52.3 Å². The van der Waals surface area contributed by atoms with Crippen LogP contribution in [0.1, 0.15) is 93.4 Å². The lowest BCUT2D eigenvalue weighted by atomic mass is 9.45. The molecule has 0 saturated heterocycles. The molecule has 4 rings (SSSR count). The second-order valence-electron chi connectivity index (χ2n) is 12.8. The van der Waals surface area contributed by atoms with Gasteiger partial charge >= 0.3 is 0 Å². The predicted octanol–water partition coefficient (Wildman–Crippen LogP) is 6.98. The molecule has 9 atom stereocenters. The molecule has 3 fully saturated rings. The number of rotatable bonds is 4.